The molecule has 0 amide bonds. The lowest BCUT2D eigenvalue weighted by atomic mass is 10.1. The predicted octanol–water partition coefficient (Wildman–Crippen LogP) is 1.78. The first kappa shape index (κ1) is 7.68. The SMILES string of the molecule is NC1CC1c1ccc(F)c(F)c1. The molecule has 1 nitrogen and oxygen atoms in total. The van der Waals surface area contributed by atoms with Crippen LogP contribution in [-0.2, 0) is 0 Å². The van der Waals surface area contributed by atoms with Gasteiger partial charge in [0.1, 0.15) is 0 Å². The number of benzene rings is 1. The van der Waals surface area contributed by atoms with Crippen LogP contribution in [0.2, 0.25) is 0 Å². The molecule has 1 aliphatic carbocycles. The monoisotopic (exact) mass is 169 g/mol. The van der Waals surface area contributed by atoms with Crippen molar-refractivity contribution in [3.63, 3.8) is 0 Å². The third kappa shape index (κ3) is 1.20. The zero-order chi connectivity index (χ0) is 8.72. The first-order valence-electron chi connectivity index (χ1n) is 3.89. The largest absolute Gasteiger partial charge is 0.327 e. The second-order valence-electron chi connectivity index (χ2n) is 3.18. The predicted molar refractivity (Wildman–Crippen MR) is 41.7 cm³/mol. The maximum Gasteiger partial charge on any atom is 0.159 e. The molecule has 12 heavy (non-hydrogen) atoms. The van der Waals surface area contributed by atoms with Gasteiger partial charge < -0.3 is 5.73 Å². The molecule has 0 bridgehead atoms. The van der Waals surface area contributed by atoms with E-state index < -0.39 is 11.6 Å². The van der Waals surface area contributed by atoms with E-state index in [1.807, 2.05) is 0 Å². The smallest absolute Gasteiger partial charge is 0.159 e. The molecule has 1 aromatic rings. The lowest BCUT2D eigenvalue weighted by molar-refractivity contribution is 0.507. The Morgan fingerprint density at radius 3 is 2.42 bits per heavy atom. The van der Waals surface area contributed by atoms with Crippen molar-refractivity contribution in [1.29, 1.82) is 0 Å². The average Bonchev–Trinajstić information content (AvgIpc) is 2.73. The Morgan fingerprint density at radius 2 is 1.92 bits per heavy atom. The lowest BCUT2D eigenvalue weighted by Gasteiger charge is -1.98. The second-order valence-corrected chi connectivity index (χ2v) is 3.18. The highest BCUT2D eigenvalue weighted by atomic mass is 19.2. The molecule has 0 radical (unpaired) electrons. The van der Waals surface area contributed by atoms with Crippen molar-refractivity contribution < 1.29 is 8.78 Å². The summed E-state index contributed by atoms with van der Waals surface area (Å²) in [7, 11) is 0. The Bertz CT molecular complexity index is 311. The molecule has 0 heterocycles. The Morgan fingerprint density at radius 1 is 1.25 bits per heavy atom. The van der Waals surface area contributed by atoms with E-state index in [1.165, 1.54) is 6.07 Å². The van der Waals surface area contributed by atoms with Crippen LogP contribution >= 0.6 is 0 Å². The summed E-state index contributed by atoms with van der Waals surface area (Å²) in [6.07, 6.45) is 0.880. The molecule has 0 aliphatic heterocycles. The van der Waals surface area contributed by atoms with Gasteiger partial charge in [0.2, 0.25) is 0 Å². The number of rotatable bonds is 1. The van der Waals surface area contributed by atoms with Gasteiger partial charge in [-0.25, -0.2) is 8.78 Å². The summed E-state index contributed by atoms with van der Waals surface area (Å²) in [6.45, 7) is 0. The Hall–Kier alpha value is -0.960. The summed E-state index contributed by atoms with van der Waals surface area (Å²) in [5.74, 6) is -1.35. The van der Waals surface area contributed by atoms with E-state index in [1.54, 1.807) is 6.07 Å². The van der Waals surface area contributed by atoms with Gasteiger partial charge in [0, 0.05) is 12.0 Å². The highest BCUT2D eigenvalue weighted by Gasteiger charge is 2.35. The molecule has 1 aromatic carbocycles. The van der Waals surface area contributed by atoms with Crippen LogP contribution in [0.25, 0.3) is 0 Å². The summed E-state index contributed by atoms with van der Waals surface area (Å²) < 4.78 is 25.2. The molecule has 3 heteroatoms. The van der Waals surface area contributed by atoms with Crippen LogP contribution in [0.15, 0.2) is 18.2 Å². The molecule has 2 atom stereocenters. The highest BCUT2D eigenvalue weighted by Crippen LogP contribution is 2.39. The topological polar surface area (TPSA) is 26.0 Å². The van der Waals surface area contributed by atoms with Crippen LogP contribution in [0.1, 0.15) is 17.9 Å². The lowest BCUT2D eigenvalue weighted by Crippen LogP contribution is -2.01. The Labute approximate surface area is 69.2 Å². The van der Waals surface area contributed by atoms with Gasteiger partial charge in [-0.15, -0.1) is 0 Å². The van der Waals surface area contributed by atoms with E-state index in [0.29, 0.717) is 0 Å². The number of halogens is 2. The highest BCUT2D eigenvalue weighted by molar-refractivity contribution is 5.28. The third-order valence-corrected chi connectivity index (χ3v) is 2.21. The summed E-state index contributed by atoms with van der Waals surface area (Å²) >= 11 is 0. The van der Waals surface area contributed by atoms with Crippen LogP contribution in [0.5, 0.6) is 0 Å². The molecular formula is C9H9F2N. The third-order valence-electron chi connectivity index (χ3n) is 2.21. The maximum atomic E-state index is 12.7. The minimum Gasteiger partial charge on any atom is -0.327 e. The summed E-state index contributed by atoms with van der Waals surface area (Å²) in [6, 6.07) is 4.10. The molecule has 1 fully saturated rings. The van der Waals surface area contributed by atoms with E-state index in [-0.39, 0.29) is 12.0 Å². The molecule has 0 spiro atoms. The molecule has 2 N–H and O–H groups in total. The number of hydrogen-bond donors (Lipinski definition) is 1. The fourth-order valence-electron chi connectivity index (χ4n) is 1.34. The standard InChI is InChI=1S/C9H9F2N/c10-7-2-1-5(3-8(7)11)6-4-9(6)12/h1-3,6,9H,4,12H2. The quantitative estimate of drug-likeness (QED) is 0.681. The van der Waals surface area contributed by atoms with Crippen LogP contribution in [0, 0.1) is 11.6 Å². The summed E-state index contributed by atoms with van der Waals surface area (Å²) in [5.41, 5.74) is 6.38. The van der Waals surface area contributed by atoms with Crippen molar-refractivity contribution in [3.8, 4) is 0 Å². The van der Waals surface area contributed by atoms with E-state index in [0.717, 1.165) is 18.1 Å². The fraction of sp³-hybridized carbons (Fsp3) is 0.333. The van der Waals surface area contributed by atoms with Gasteiger partial charge >= 0.3 is 0 Å². The molecular weight excluding hydrogens is 160 g/mol. The normalized spacial score (nSPS) is 27.2. The van der Waals surface area contributed by atoms with Crippen molar-refractivity contribution >= 4 is 0 Å². The van der Waals surface area contributed by atoms with Crippen molar-refractivity contribution in [2.75, 3.05) is 0 Å². The van der Waals surface area contributed by atoms with Crippen molar-refractivity contribution in [2.24, 2.45) is 5.73 Å². The molecule has 0 aromatic heterocycles. The van der Waals surface area contributed by atoms with Gasteiger partial charge in [-0.3, -0.25) is 0 Å². The van der Waals surface area contributed by atoms with Crippen LogP contribution in [0.3, 0.4) is 0 Å². The average molecular weight is 169 g/mol. The molecule has 2 unspecified atom stereocenters. The van der Waals surface area contributed by atoms with E-state index >= 15 is 0 Å². The molecule has 1 saturated carbocycles. The first-order chi connectivity index (χ1) is 5.68. The number of nitrogens with two attached hydrogens (primary N) is 1. The van der Waals surface area contributed by atoms with Crippen LogP contribution in [0.4, 0.5) is 8.78 Å². The second kappa shape index (κ2) is 2.52. The fourth-order valence-corrected chi connectivity index (χ4v) is 1.34. The zero-order valence-electron chi connectivity index (χ0n) is 6.43. The minimum absolute atomic E-state index is 0.134. The first-order valence-corrected chi connectivity index (χ1v) is 3.89. The molecule has 1 aliphatic rings. The minimum atomic E-state index is -0.798. The maximum absolute atomic E-state index is 12.7. The van der Waals surface area contributed by atoms with Crippen LogP contribution < -0.4 is 5.73 Å². The van der Waals surface area contributed by atoms with E-state index in [9.17, 15) is 8.78 Å². The van der Waals surface area contributed by atoms with Gasteiger partial charge in [0.15, 0.2) is 11.6 Å². The van der Waals surface area contributed by atoms with Crippen molar-refractivity contribution in [2.45, 2.75) is 18.4 Å². The van der Waals surface area contributed by atoms with Gasteiger partial charge in [0.25, 0.3) is 0 Å². The van der Waals surface area contributed by atoms with E-state index in [2.05, 4.69) is 0 Å². The van der Waals surface area contributed by atoms with Gasteiger partial charge in [-0.1, -0.05) is 6.07 Å². The molecule has 64 valence electrons. The van der Waals surface area contributed by atoms with Crippen molar-refractivity contribution in [3.05, 3.63) is 35.4 Å². The van der Waals surface area contributed by atoms with E-state index in [4.69, 9.17) is 5.73 Å². The van der Waals surface area contributed by atoms with Crippen LogP contribution in [-0.4, -0.2) is 6.04 Å². The van der Waals surface area contributed by atoms with Gasteiger partial charge in [-0.2, -0.15) is 0 Å². The van der Waals surface area contributed by atoms with Gasteiger partial charge in [0.05, 0.1) is 0 Å². The summed E-state index contributed by atoms with van der Waals surface area (Å²) in [5, 5.41) is 0. The van der Waals surface area contributed by atoms with Gasteiger partial charge in [-0.05, 0) is 24.1 Å². The Kier molecular flexibility index (Phi) is 1.61. The molecule has 0 saturated heterocycles. The Balaban J connectivity index is 2.29. The number of hydrogen-bond acceptors (Lipinski definition) is 1. The summed E-state index contributed by atoms with van der Waals surface area (Å²) in [4.78, 5) is 0. The van der Waals surface area contributed by atoms with Crippen molar-refractivity contribution in [1.82, 2.24) is 0 Å². The zero-order valence-corrected chi connectivity index (χ0v) is 6.43. The molecule has 2 rings (SSSR count).